The van der Waals surface area contributed by atoms with E-state index in [9.17, 15) is 5.11 Å². The molecule has 0 fully saturated rings. The molecule has 1 aromatic rings. The molecule has 0 aliphatic rings. The van der Waals surface area contributed by atoms with Gasteiger partial charge in [-0.15, -0.1) is 0 Å². The van der Waals surface area contributed by atoms with Gasteiger partial charge in [-0.25, -0.2) is 0 Å². The van der Waals surface area contributed by atoms with Gasteiger partial charge in [0.05, 0.1) is 18.0 Å². The van der Waals surface area contributed by atoms with Crippen LogP contribution in [0.1, 0.15) is 26.7 Å². The standard InChI is InChI=1S/C13H23N3O/c1-3-13(4-2,9-17)8-16-10-5-6-11(14)12(15)7-10/h5-7,16-17H,3-4,8-9,14-15H2,1-2H3. The summed E-state index contributed by atoms with van der Waals surface area (Å²) in [6.45, 7) is 5.12. The number of benzene rings is 1. The third-order valence-electron chi connectivity index (χ3n) is 3.59. The van der Waals surface area contributed by atoms with Crippen LogP contribution < -0.4 is 16.8 Å². The average molecular weight is 237 g/mol. The molecule has 96 valence electrons. The Hall–Kier alpha value is -1.42. The van der Waals surface area contributed by atoms with Crippen molar-refractivity contribution >= 4 is 17.1 Å². The first-order valence-corrected chi connectivity index (χ1v) is 6.06. The van der Waals surface area contributed by atoms with Gasteiger partial charge < -0.3 is 21.9 Å². The Morgan fingerprint density at radius 1 is 1.18 bits per heavy atom. The lowest BCUT2D eigenvalue weighted by Crippen LogP contribution is -2.32. The van der Waals surface area contributed by atoms with E-state index in [0.717, 1.165) is 25.1 Å². The molecule has 0 aliphatic carbocycles. The maximum absolute atomic E-state index is 9.47. The van der Waals surface area contributed by atoms with Crippen LogP contribution in [-0.2, 0) is 0 Å². The molecule has 1 aromatic carbocycles. The minimum absolute atomic E-state index is 0.0594. The summed E-state index contributed by atoms with van der Waals surface area (Å²) >= 11 is 0. The molecule has 0 heterocycles. The normalized spacial score (nSPS) is 11.5. The summed E-state index contributed by atoms with van der Waals surface area (Å²) in [5, 5.41) is 12.8. The Balaban J connectivity index is 2.68. The van der Waals surface area contributed by atoms with Gasteiger partial charge >= 0.3 is 0 Å². The van der Waals surface area contributed by atoms with Gasteiger partial charge in [-0.3, -0.25) is 0 Å². The van der Waals surface area contributed by atoms with Crippen LogP contribution in [0.4, 0.5) is 17.1 Å². The Morgan fingerprint density at radius 2 is 1.82 bits per heavy atom. The van der Waals surface area contributed by atoms with Gasteiger partial charge in [-0.1, -0.05) is 13.8 Å². The summed E-state index contributed by atoms with van der Waals surface area (Å²) in [5.41, 5.74) is 13.5. The number of aliphatic hydroxyl groups is 1. The van der Waals surface area contributed by atoms with E-state index >= 15 is 0 Å². The molecule has 0 saturated carbocycles. The van der Waals surface area contributed by atoms with Crippen LogP contribution in [0.2, 0.25) is 0 Å². The van der Waals surface area contributed by atoms with E-state index in [0.29, 0.717) is 11.4 Å². The predicted octanol–water partition coefficient (Wildman–Crippen LogP) is 2.06. The van der Waals surface area contributed by atoms with Crippen molar-refractivity contribution in [3.63, 3.8) is 0 Å². The van der Waals surface area contributed by atoms with Crippen LogP contribution in [-0.4, -0.2) is 18.3 Å². The van der Waals surface area contributed by atoms with Crippen LogP contribution in [0.3, 0.4) is 0 Å². The minimum Gasteiger partial charge on any atom is -0.397 e. The van der Waals surface area contributed by atoms with Crippen LogP contribution in [0.25, 0.3) is 0 Å². The van der Waals surface area contributed by atoms with Gasteiger partial charge in [0.15, 0.2) is 0 Å². The zero-order valence-electron chi connectivity index (χ0n) is 10.7. The molecule has 0 saturated heterocycles. The van der Waals surface area contributed by atoms with E-state index in [1.54, 1.807) is 6.07 Å². The van der Waals surface area contributed by atoms with Crippen LogP contribution in [0.5, 0.6) is 0 Å². The molecular formula is C13H23N3O. The molecule has 0 unspecified atom stereocenters. The van der Waals surface area contributed by atoms with Crippen molar-refractivity contribution in [3.05, 3.63) is 18.2 Å². The van der Waals surface area contributed by atoms with Crippen LogP contribution in [0.15, 0.2) is 18.2 Å². The topological polar surface area (TPSA) is 84.3 Å². The third kappa shape index (κ3) is 3.27. The minimum atomic E-state index is -0.0594. The summed E-state index contributed by atoms with van der Waals surface area (Å²) in [6, 6.07) is 5.51. The van der Waals surface area contributed by atoms with E-state index in [2.05, 4.69) is 19.2 Å². The number of rotatable bonds is 6. The largest absolute Gasteiger partial charge is 0.397 e. The van der Waals surface area contributed by atoms with Crippen molar-refractivity contribution in [2.24, 2.45) is 5.41 Å². The molecule has 0 bridgehead atoms. The maximum Gasteiger partial charge on any atom is 0.0568 e. The molecule has 6 N–H and O–H groups in total. The highest BCUT2D eigenvalue weighted by molar-refractivity contribution is 5.69. The Morgan fingerprint density at radius 3 is 2.29 bits per heavy atom. The molecule has 0 spiro atoms. The van der Waals surface area contributed by atoms with Gasteiger partial charge in [0.25, 0.3) is 0 Å². The fourth-order valence-electron chi connectivity index (χ4n) is 1.75. The van der Waals surface area contributed by atoms with Crippen LogP contribution >= 0.6 is 0 Å². The average Bonchev–Trinajstić information content (AvgIpc) is 2.36. The molecule has 17 heavy (non-hydrogen) atoms. The second kappa shape index (κ2) is 5.77. The number of nitrogens with two attached hydrogens (primary N) is 2. The molecular weight excluding hydrogens is 214 g/mol. The number of anilines is 3. The van der Waals surface area contributed by atoms with Crippen molar-refractivity contribution in [1.29, 1.82) is 0 Å². The van der Waals surface area contributed by atoms with Gasteiger partial charge in [0, 0.05) is 17.6 Å². The van der Waals surface area contributed by atoms with Crippen molar-refractivity contribution in [2.75, 3.05) is 29.9 Å². The van der Waals surface area contributed by atoms with Crippen molar-refractivity contribution in [1.82, 2.24) is 0 Å². The van der Waals surface area contributed by atoms with E-state index in [1.165, 1.54) is 0 Å². The van der Waals surface area contributed by atoms with E-state index < -0.39 is 0 Å². The smallest absolute Gasteiger partial charge is 0.0568 e. The van der Waals surface area contributed by atoms with Gasteiger partial charge in [0.1, 0.15) is 0 Å². The summed E-state index contributed by atoms with van der Waals surface area (Å²) < 4.78 is 0. The molecule has 0 aliphatic heterocycles. The molecule has 4 nitrogen and oxygen atoms in total. The van der Waals surface area contributed by atoms with Gasteiger partial charge in [-0.2, -0.15) is 0 Å². The maximum atomic E-state index is 9.47. The van der Waals surface area contributed by atoms with Gasteiger partial charge in [-0.05, 0) is 31.0 Å². The molecule has 4 heteroatoms. The zero-order valence-corrected chi connectivity index (χ0v) is 10.7. The first-order chi connectivity index (χ1) is 8.06. The highest BCUT2D eigenvalue weighted by Crippen LogP contribution is 2.27. The van der Waals surface area contributed by atoms with E-state index in [-0.39, 0.29) is 12.0 Å². The molecule has 1 rings (SSSR count). The molecule has 0 aromatic heterocycles. The first kappa shape index (κ1) is 13.6. The summed E-state index contributed by atoms with van der Waals surface area (Å²) in [6.07, 6.45) is 1.88. The second-order valence-electron chi connectivity index (χ2n) is 4.56. The quantitative estimate of drug-likeness (QED) is 0.571. The van der Waals surface area contributed by atoms with E-state index in [4.69, 9.17) is 11.5 Å². The fraction of sp³-hybridized carbons (Fsp3) is 0.538. The van der Waals surface area contributed by atoms with Crippen molar-refractivity contribution in [3.8, 4) is 0 Å². The highest BCUT2D eigenvalue weighted by atomic mass is 16.3. The lowest BCUT2D eigenvalue weighted by atomic mass is 9.83. The van der Waals surface area contributed by atoms with Crippen LogP contribution in [0, 0.1) is 5.41 Å². The molecule has 0 amide bonds. The lowest BCUT2D eigenvalue weighted by molar-refractivity contribution is 0.127. The van der Waals surface area contributed by atoms with Crippen molar-refractivity contribution < 1.29 is 5.11 Å². The lowest BCUT2D eigenvalue weighted by Gasteiger charge is -2.30. The highest BCUT2D eigenvalue weighted by Gasteiger charge is 2.24. The summed E-state index contributed by atoms with van der Waals surface area (Å²) in [5.74, 6) is 0. The Labute approximate surface area is 103 Å². The number of aliphatic hydroxyl groups excluding tert-OH is 1. The number of hydrogen-bond donors (Lipinski definition) is 4. The zero-order chi connectivity index (χ0) is 12.9. The second-order valence-corrected chi connectivity index (χ2v) is 4.56. The number of nitrogens with one attached hydrogen (secondary N) is 1. The first-order valence-electron chi connectivity index (χ1n) is 6.06. The summed E-state index contributed by atoms with van der Waals surface area (Å²) in [7, 11) is 0. The Bertz CT molecular complexity index is 353. The fourth-order valence-corrected chi connectivity index (χ4v) is 1.75. The van der Waals surface area contributed by atoms with Gasteiger partial charge in [0.2, 0.25) is 0 Å². The molecule has 0 radical (unpaired) electrons. The summed E-state index contributed by atoms with van der Waals surface area (Å²) in [4.78, 5) is 0. The monoisotopic (exact) mass is 237 g/mol. The third-order valence-corrected chi connectivity index (χ3v) is 3.59. The SMILES string of the molecule is CCC(CC)(CO)CNc1ccc(N)c(N)c1. The van der Waals surface area contributed by atoms with E-state index in [1.807, 2.05) is 12.1 Å². The predicted molar refractivity (Wildman–Crippen MR) is 73.9 cm³/mol. The number of hydrogen-bond acceptors (Lipinski definition) is 4. The number of nitrogen functional groups attached to an aromatic ring is 2. The molecule has 0 atom stereocenters. The Kier molecular flexibility index (Phi) is 4.63. The van der Waals surface area contributed by atoms with Crippen molar-refractivity contribution in [2.45, 2.75) is 26.7 Å².